The summed E-state index contributed by atoms with van der Waals surface area (Å²) in [4.78, 5) is 3.91. The zero-order valence-corrected chi connectivity index (χ0v) is 11.1. The second-order valence-electron chi connectivity index (χ2n) is 3.89. The van der Waals surface area contributed by atoms with Crippen molar-refractivity contribution in [1.29, 1.82) is 0 Å². The van der Waals surface area contributed by atoms with Crippen molar-refractivity contribution in [2.24, 2.45) is 0 Å². The van der Waals surface area contributed by atoms with Gasteiger partial charge in [-0.3, -0.25) is 0 Å². The van der Waals surface area contributed by atoms with Gasteiger partial charge in [0.1, 0.15) is 11.6 Å². The van der Waals surface area contributed by atoms with Crippen molar-refractivity contribution in [2.75, 3.05) is 12.4 Å². The molecule has 0 saturated carbocycles. The molecule has 0 saturated heterocycles. The number of nitrogens with one attached hydrogen (secondary N) is 1. The largest absolute Gasteiger partial charge is 0.439 e. The first-order valence-electron chi connectivity index (χ1n) is 5.59. The molecule has 0 unspecified atom stereocenters. The van der Waals surface area contributed by atoms with Gasteiger partial charge >= 0.3 is 6.18 Å². The number of benzene rings is 1. The summed E-state index contributed by atoms with van der Waals surface area (Å²) in [6.45, 7) is 0. The summed E-state index contributed by atoms with van der Waals surface area (Å²) in [5.74, 6) is 0.217. The zero-order chi connectivity index (χ0) is 14.8. The minimum Gasteiger partial charge on any atom is -0.439 e. The number of hydrogen-bond donors (Lipinski definition) is 1. The first kappa shape index (κ1) is 14.5. The van der Waals surface area contributed by atoms with Crippen molar-refractivity contribution < 1.29 is 17.9 Å². The molecule has 0 aliphatic rings. The van der Waals surface area contributed by atoms with Crippen LogP contribution in [-0.2, 0) is 6.18 Å². The maximum Gasteiger partial charge on any atom is 0.416 e. The Labute approximate surface area is 118 Å². The van der Waals surface area contributed by atoms with Crippen LogP contribution >= 0.6 is 11.6 Å². The fraction of sp³-hybridized carbons (Fsp3) is 0.154. The van der Waals surface area contributed by atoms with E-state index in [4.69, 9.17) is 16.3 Å². The average molecular weight is 303 g/mol. The number of ether oxygens (including phenoxy) is 1. The van der Waals surface area contributed by atoms with Crippen LogP contribution in [0, 0.1) is 0 Å². The topological polar surface area (TPSA) is 34.1 Å². The lowest BCUT2D eigenvalue weighted by atomic mass is 10.2. The maximum absolute atomic E-state index is 12.8. The van der Waals surface area contributed by atoms with Gasteiger partial charge in [-0.2, -0.15) is 18.2 Å². The highest BCUT2D eigenvalue weighted by Gasteiger charge is 2.32. The second-order valence-corrected chi connectivity index (χ2v) is 4.32. The van der Waals surface area contributed by atoms with Gasteiger partial charge < -0.3 is 10.1 Å². The highest BCUT2D eigenvalue weighted by Crippen LogP contribution is 2.34. The molecule has 7 heteroatoms. The molecule has 0 amide bonds. The summed E-state index contributed by atoms with van der Waals surface area (Å²) < 4.78 is 43.6. The lowest BCUT2D eigenvalue weighted by Crippen LogP contribution is -2.07. The molecular weight excluding hydrogens is 293 g/mol. The van der Waals surface area contributed by atoms with Gasteiger partial charge in [0.15, 0.2) is 0 Å². The lowest BCUT2D eigenvalue weighted by Gasteiger charge is -2.12. The van der Waals surface area contributed by atoms with Gasteiger partial charge in [-0.1, -0.05) is 17.7 Å². The van der Waals surface area contributed by atoms with E-state index in [9.17, 15) is 13.2 Å². The predicted octanol–water partition coefficient (Wildman–Crippen LogP) is 4.59. The molecule has 2 rings (SSSR count). The molecule has 1 aromatic carbocycles. The SMILES string of the molecule is CNc1cc(C(F)(F)F)cc(Oc2cccc(Cl)c2)n1. The standard InChI is InChI=1S/C13H10ClF3N2O/c1-18-11-5-8(13(15,16)17)6-12(19-11)20-10-4-2-3-9(14)7-10/h2-7H,1H3,(H,18,19). The summed E-state index contributed by atoms with van der Waals surface area (Å²) >= 11 is 5.78. The highest BCUT2D eigenvalue weighted by atomic mass is 35.5. The normalized spacial score (nSPS) is 11.2. The Morgan fingerprint density at radius 3 is 2.55 bits per heavy atom. The number of rotatable bonds is 3. The minimum absolute atomic E-state index is 0.0665. The van der Waals surface area contributed by atoms with E-state index in [1.165, 1.54) is 13.1 Å². The van der Waals surface area contributed by atoms with Crippen molar-refractivity contribution in [3.8, 4) is 11.6 Å². The smallest absolute Gasteiger partial charge is 0.416 e. The van der Waals surface area contributed by atoms with E-state index >= 15 is 0 Å². The number of nitrogens with zero attached hydrogens (tertiary/aromatic N) is 1. The van der Waals surface area contributed by atoms with E-state index in [1.54, 1.807) is 18.2 Å². The van der Waals surface area contributed by atoms with Gasteiger partial charge in [0, 0.05) is 18.1 Å². The molecule has 0 aliphatic carbocycles. The minimum atomic E-state index is -4.47. The summed E-state index contributed by atoms with van der Waals surface area (Å²) in [5, 5.41) is 2.98. The van der Waals surface area contributed by atoms with Crippen LogP contribution in [0.4, 0.5) is 19.0 Å². The number of aromatic nitrogens is 1. The maximum atomic E-state index is 12.8. The highest BCUT2D eigenvalue weighted by molar-refractivity contribution is 6.30. The Balaban J connectivity index is 2.36. The number of alkyl halides is 3. The molecule has 1 heterocycles. The van der Waals surface area contributed by atoms with Crippen LogP contribution in [0.25, 0.3) is 0 Å². The number of hydrogen-bond acceptors (Lipinski definition) is 3. The van der Waals surface area contributed by atoms with Crippen molar-refractivity contribution in [2.45, 2.75) is 6.18 Å². The van der Waals surface area contributed by atoms with E-state index in [-0.39, 0.29) is 11.7 Å². The average Bonchev–Trinajstić information content (AvgIpc) is 2.37. The summed E-state index contributed by atoms with van der Waals surface area (Å²) in [6.07, 6.45) is -4.47. The Morgan fingerprint density at radius 1 is 1.20 bits per heavy atom. The van der Waals surface area contributed by atoms with Crippen LogP contribution in [0.15, 0.2) is 36.4 Å². The quantitative estimate of drug-likeness (QED) is 0.900. The van der Waals surface area contributed by atoms with Gasteiger partial charge in [-0.25, -0.2) is 0 Å². The Bertz CT molecular complexity index is 617. The van der Waals surface area contributed by atoms with Crippen LogP contribution in [0.2, 0.25) is 5.02 Å². The Morgan fingerprint density at radius 2 is 1.95 bits per heavy atom. The molecule has 2 aromatic rings. The van der Waals surface area contributed by atoms with E-state index in [1.807, 2.05) is 0 Å². The van der Waals surface area contributed by atoms with Gasteiger partial charge in [0.25, 0.3) is 0 Å². The van der Waals surface area contributed by atoms with Gasteiger partial charge in [-0.05, 0) is 24.3 Å². The molecule has 0 spiro atoms. The number of halogens is 4. The van der Waals surface area contributed by atoms with Gasteiger partial charge in [-0.15, -0.1) is 0 Å². The second kappa shape index (κ2) is 5.58. The third-order valence-corrected chi connectivity index (χ3v) is 2.64. The molecule has 0 fully saturated rings. The van der Waals surface area contributed by atoms with Crippen molar-refractivity contribution in [3.63, 3.8) is 0 Å². The molecule has 0 atom stereocenters. The fourth-order valence-electron chi connectivity index (χ4n) is 1.50. The van der Waals surface area contributed by atoms with Crippen LogP contribution in [0.3, 0.4) is 0 Å². The molecule has 20 heavy (non-hydrogen) atoms. The lowest BCUT2D eigenvalue weighted by molar-refractivity contribution is -0.137. The monoisotopic (exact) mass is 302 g/mol. The van der Waals surface area contributed by atoms with Crippen molar-refractivity contribution in [3.05, 3.63) is 47.0 Å². The Hall–Kier alpha value is -1.95. The van der Waals surface area contributed by atoms with Crippen molar-refractivity contribution in [1.82, 2.24) is 4.98 Å². The summed E-state index contributed by atoms with van der Waals surface area (Å²) in [7, 11) is 1.48. The molecule has 3 nitrogen and oxygen atoms in total. The molecule has 0 bridgehead atoms. The summed E-state index contributed by atoms with van der Waals surface area (Å²) in [5.41, 5.74) is -0.839. The third kappa shape index (κ3) is 3.54. The molecule has 1 N–H and O–H groups in total. The third-order valence-electron chi connectivity index (χ3n) is 2.40. The Kier molecular flexibility index (Phi) is 4.04. The molecule has 0 radical (unpaired) electrons. The fourth-order valence-corrected chi connectivity index (χ4v) is 1.68. The van der Waals surface area contributed by atoms with Crippen LogP contribution in [0.5, 0.6) is 11.6 Å². The molecule has 0 aliphatic heterocycles. The van der Waals surface area contributed by atoms with Crippen molar-refractivity contribution >= 4 is 17.4 Å². The van der Waals surface area contributed by atoms with E-state index in [0.29, 0.717) is 10.8 Å². The van der Waals surface area contributed by atoms with Crippen LogP contribution < -0.4 is 10.1 Å². The number of pyridine rings is 1. The molecule has 1 aromatic heterocycles. The molecular formula is C13H10ClF3N2O. The van der Waals surface area contributed by atoms with Gasteiger partial charge in [0.05, 0.1) is 5.56 Å². The van der Waals surface area contributed by atoms with E-state index in [0.717, 1.165) is 12.1 Å². The summed E-state index contributed by atoms with van der Waals surface area (Å²) in [6, 6.07) is 8.07. The zero-order valence-electron chi connectivity index (χ0n) is 10.3. The molecule has 106 valence electrons. The predicted molar refractivity (Wildman–Crippen MR) is 70.3 cm³/mol. The van der Waals surface area contributed by atoms with E-state index < -0.39 is 11.7 Å². The number of anilines is 1. The van der Waals surface area contributed by atoms with E-state index in [2.05, 4.69) is 10.3 Å². The van der Waals surface area contributed by atoms with Gasteiger partial charge in [0.2, 0.25) is 5.88 Å². The van der Waals surface area contributed by atoms with Crippen LogP contribution in [0.1, 0.15) is 5.56 Å². The first-order valence-corrected chi connectivity index (χ1v) is 5.97. The van der Waals surface area contributed by atoms with Crippen LogP contribution in [-0.4, -0.2) is 12.0 Å². The first-order chi connectivity index (χ1) is 9.38.